The Morgan fingerprint density at radius 3 is 2.33 bits per heavy atom. The first-order valence-electron chi connectivity index (χ1n) is 10.6. The van der Waals surface area contributed by atoms with Crippen LogP contribution in [-0.2, 0) is 12.1 Å². The van der Waals surface area contributed by atoms with E-state index >= 15 is 0 Å². The standard InChI is InChI=1S/C23H24F4N4O2/c1-15(30-8-6-18(7-9-30)33-22-5-3-17(25)11-21(22)27)23(32,12-31-14-28-13-29-31)19-4-2-16(24)10-20(19)26/h2-5,10-11,13-15,18,32H,6-9,12H2,1H3/t15-,23-/m1/s1. The van der Waals surface area contributed by atoms with Crippen LogP contribution in [-0.4, -0.2) is 50.0 Å². The fraction of sp³-hybridized carbons (Fsp3) is 0.391. The van der Waals surface area contributed by atoms with Crippen LogP contribution in [0.5, 0.6) is 5.75 Å². The predicted molar refractivity (Wildman–Crippen MR) is 111 cm³/mol. The van der Waals surface area contributed by atoms with Gasteiger partial charge in [0.1, 0.15) is 41.8 Å². The van der Waals surface area contributed by atoms with Gasteiger partial charge in [-0.15, -0.1) is 0 Å². The predicted octanol–water partition coefficient (Wildman–Crippen LogP) is 3.65. The van der Waals surface area contributed by atoms with Gasteiger partial charge in [-0.3, -0.25) is 4.90 Å². The van der Waals surface area contributed by atoms with Crippen molar-refractivity contribution >= 4 is 0 Å². The first-order chi connectivity index (χ1) is 15.8. The van der Waals surface area contributed by atoms with E-state index in [0.29, 0.717) is 25.9 Å². The first-order valence-corrected chi connectivity index (χ1v) is 10.6. The molecule has 1 aliphatic heterocycles. The van der Waals surface area contributed by atoms with Crippen molar-refractivity contribution in [2.75, 3.05) is 13.1 Å². The lowest BCUT2D eigenvalue weighted by atomic mass is 9.84. The summed E-state index contributed by atoms with van der Waals surface area (Å²) in [4.78, 5) is 5.85. The van der Waals surface area contributed by atoms with Crippen LogP contribution < -0.4 is 4.74 Å². The lowest BCUT2D eigenvalue weighted by Gasteiger charge is -2.44. The number of hydrogen-bond donors (Lipinski definition) is 1. The van der Waals surface area contributed by atoms with Crippen LogP contribution in [0.4, 0.5) is 17.6 Å². The van der Waals surface area contributed by atoms with Gasteiger partial charge < -0.3 is 9.84 Å². The molecule has 2 aromatic carbocycles. The van der Waals surface area contributed by atoms with E-state index in [0.717, 1.165) is 24.3 Å². The summed E-state index contributed by atoms with van der Waals surface area (Å²) in [6, 6.07) is 5.68. The molecule has 0 unspecified atom stereocenters. The molecule has 0 bridgehead atoms. The molecule has 2 heterocycles. The Kier molecular flexibility index (Phi) is 6.66. The molecule has 176 valence electrons. The molecule has 1 aromatic heterocycles. The highest BCUT2D eigenvalue weighted by Gasteiger charge is 2.43. The van der Waals surface area contributed by atoms with Gasteiger partial charge in [-0.25, -0.2) is 27.2 Å². The monoisotopic (exact) mass is 464 g/mol. The molecule has 0 saturated carbocycles. The van der Waals surface area contributed by atoms with Gasteiger partial charge >= 0.3 is 0 Å². The average Bonchev–Trinajstić information content (AvgIpc) is 3.28. The van der Waals surface area contributed by atoms with Crippen molar-refractivity contribution < 1.29 is 27.4 Å². The van der Waals surface area contributed by atoms with E-state index in [1.165, 1.54) is 29.5 Å². The van der Waals surface area contributed by atoms with E-state index in [4.69, 9.17) is 4.74 Å². The average molecular weight is 464 g/mol. The van der Waals surface area contributed by atoms with Crippen LogP contribution in [0.2, 0.25) is 0 Å². The number of benzene rings is 2. The molecule has 1 fully saturated rings. The zero-order chi connectivity index (χ0) is 23.6. The number of rotatable bonds is 7. The Morgan fingerprint density at radius 1 is 1.06 bits per heavy atom. The van der Waals surface area contributed by atoms with Crippen LogP contribution >= 0.6 is 0 Å². The van der Waals surface area contributed by atoms with Crippen molar-refractivity contribution in [2.45, 2.75) is 44.1 Å². The van der Waals surface area contributed by atoms with Gasteiger partial charge in [0.25, 0.3) is 0 Å². The largest absolute Gasteiger partial charge is 0.487 e. The lowest BCUT2D eigenvalue weighted by Crippen LogP contribution is -2.54. The second kappa shape index (κ2) is 9.48. The van der Waals surface area contributed by atoms with E-state index in [9.17, 15) is 22.7 Å². The summed E-state index contributed by atoms with van der Waals surface area (Å²) in [6.07, 6.45) is 3.47. The molecule has 1 N–H and O–H groups in total. The fourth-order valence-electron chi connectivity index (χ4n) is 4.28. The molecule has 1 aliphatic rings. The minimum Gasteiger partial charge on any atom is -0.487 e. The van der Waals surface area contributed by atoms with Gasteiger partial charge in [0.05, 0.1) is 6.54 Å². The highest BCUT2D eigenvalue weighted by atomic mass is 19.1. The highest BCUT2D eigenvalue weighted by molar-refractivity contribution is 5.27. The quantitative estimate of drug-likeness (QED) is 0.541. The number of aliphatic hydroxyl groups is 1. The number of nitrogens with zero attached hydrogens (tertiary/aromatic N) is 4. The van der Waals surface area contributed by atoms with Gasteiger partial charge in [-0.1, -0.05) is 6.07 Å². The van der Waals surface area contributed by atoms with Crippen molar-refractivity contribution in [1.29, 1.82) is 0 Å². The van der Waals surface area contributed by atoms with Gasteiger partial charge in [0, 0.05) is 36.8 Å². The minimum atomic E-state index is -1.73. The van der Waals surface area contributed by atoms with E-state index in [2.05, 4.69) is 10.1 Å². The van der Waals surface area contributed by atoms with Crippen LogP contribution in [0.1, 0.15) is 25.3 Å². The maximum atomic E-state index is 14.7. The summed E-state index contributed by atoms with van der Waals surface area (Å²) in [5, 5.41) is 15.7. The Bertz CT molecular complexity index is 1090. The Balaban J connectivity index is 1.50. The lowest BCUT2D eigenvalue weighted by molar-refractivity contribution is -0.0748. The third-order valence-corrected chi connectivity index (χ3v) is 6.17. The normalized spacial score (nSPS) is 18.1. The number of halogens is 4. The maximum Gasteiger partial charge on any atom is 0.167 e. The highest BCUT2D eigenvalue weighted by Crippen LogP contribution is 2.34. The molecule has 33 heavy (non-hydrogen) atoms. The summed E-state index contributed by atoms with van der Waals surface area (Å²) in [7, 11) is 0. The molecule has 0 radical (unpaired) electrons. The van der Waals surface area contributed by atoms with Crippen molar-refractivity contribution in [3.8, 4) is 5.75 Å². The number of aromatic nitrogens is 3. The van der Waals surface area contributed by atoms with Crippen molar-refractivity contribution in [3.63, 3.8) is 0 Å². The number of hydrogen-bond acceptors (Lipinski definition) is 5. The van der Waals surface area contributed by atoms with Gasteiger partial charge in [-0.2, -0.15) is 5.10 Å². The third-order valence-electron chi connectivity index (χ3n) is 6.17. The molecule has 6 nitrogen and oxygen atoms in total. The topological polar surface area (TPSA) is 63.4 Å². The molecular weight excluding hydrogens is 440 g/mol. The van der Waals surface area contributed by atoms with Crippen LogP contribution in [0.15, 0.2) is 49.1 Å². The smallest absolute Gasteiger partial charge is 0.167 e. The zero-order valence-corrected chi connectivity index (χ0v) is 18.0. The van der Waals surface area contributed by atoms with Gasteiger partial charge in [-0.05, 0) is 38.0 Å². The summed E-state index contributed by atoms with van der Waals surface area (Å²) in [5.74, 6) is -3.05. The molecule has 1 saturated heterocycles. The van der Waals surface area contributed by atoms with E-state index in [-0.39, 0.29) is 24.0 Å². The number of likely N-dealkylation sites (tertiary alicyclic amines) is 1. The molecule has 3 aromatic rings. The van der Waals surface area contributed by atoms with Crippen LogP contribution in [0, 0.1) is 23.3 Å². The summed E-state index contributed by atoms with van der Waals surface area (Å²) >= 11 is 0. The summed E-state index contributed by atoms with van der Waals surface area (Å²) < 4.78 is 62.4. The Labute approximate surface area is 188 Å². The van der Waals surface area contributed by atoms with Gasteiger partial charge in [0.15, 0.2) is 11.6 Å². The minimum absolute atomic E-state index is 0.0148. The van der Waals surface area contributed by atoms with Crippen LogP contribution in [0.25, 0.3) is 0 Å². The molecule has 2 atom stereocenters. The number of ether oxygens (including phenoxy) is 1. The summed E-state index contributed by atoms with van der Waals surface area (Å²) in [6.45, 7) is 2.64. The molecule has 0 spiro atoms. The SMILES string of the molecule is C[C@@H](N1CCC(Oc2ccc(F)cc2F)CC1)[C@](O)(Cn1cncn1)c1ccc(F)cc1F. The molecule has 0 aliphatic carbocycles. The second-order valence-corrected chi connectivity index (χ2v) is 8.25. The zero-order valence-electron chi connectivity index (χ0n) is 18.0. The van der Waals surface area contributed by atoms with E-state index in [1.807, 2.05) is 4.90 Å². The van der Waals surface area contributed by atoms with E-state index < -0.39 is 34.9 Å². The maximum absolute atomic E-state index is 14.7. The van der Waals surface area contributed by atoms with Crippen LogP contribution in [0.3, 0.4) is 0 Å². The Morgan fingerprint density at radius 2 is 1.73 bits per heavy atom. The Hall–Kier alpha value is -2.98. The van der Waals surface area contributed by atoms with Crippen molar-refractivity contribution in [3.05, 3.63) is 77.9 Å². The molecule has 4 rings (SSSR count). The first kappa shape index (κ1) is 23.2. The number of piperidine rings is 1. The second-order valence-electron chi connectivity index (χ2n) is 8.25. The van der Waals surface area contributed by atoms with Crippen molar-refractivity contribution in [1.82, 2.24) is 19.7 Å². The van der Waals surface area contributed by atoms with Crippen molar-refractivity contribution in [2.24, 2.45) is 0 Å². The molecule has 0 amide bonds. The summed E-state index contributed by atoms with van der Waals surface area (Å²) in [5.41, 5.74) is -1.78. The fourth-order valence-corrected chi connectivity index (χ4v) is 4.28. The van der Waals surface area contributed by atoms with Gasteiger partial charge in [0.2, 0.25) is 0 Å². The third kappa shape index (κ3) is 5.01. The van der Waals surface area contributed by atoms with E-state index in [1.54, 1.807) is 6.92 Å². The molecular formula is C23H24F4N4O2. The molecule has 10 heteroatoms.